The van der Waals surface area contributed by atoms with E-state index in [1.54, 1.807) is 0 Å². The number of hydrogen-bond acceptors (Lipinski definition) is 4. The summed E-state index contributed by atoms with van der Waals surface area (Å²) in [6.07, 6.45) is -3.81. The summed E-state index contributed by atoms with van der Waals surface area (Å²) in [7, 11) is 0. The molecule has 9 heteroatoms. The first kappa shape index (κ1) is 13.2. The molecular formula is C8H5ClF2N2O4. The number of pyridine rings is 1. The van der Waals surface area contributed by atoms with E-state index in [0.29, 0.717) is 0 Å². The van der Waals surface area contributed by atoms with Crippen molar-refractivity contribution in [3.05, 3.63) is 32.6 Å². The number of carboxylic acid groups (broad SMARTS) is 1. The Labute approximate surface area is 98.0 Å². The molecule has 92 valence electrons. The van der Waals surface area contributed by atoms with E-state index in [9.17, 15) is 23.7 Å². The second kappa shape index (κ2) is 5.00. The van der Waals surface area contributed by atoms with Crippen molar-refractivity contribution in [3.63, 3.8) is 0 Å². The van der Waals surface area contributed by atoms with E-state index in [2.05, 4.69) is 4.98 Å². The third-order valence-electron chi connectivity index (χ3n) is 1.75. The van der Waals surface area contributed by atoms with Gasteiger partial charge in [0.1, 0.15) is 10.7 Å². The Morgan fingerprint density at radius 2 is 2.24 bits per heavy atom. The predicted molar refractivity (Wildman–Crippen MR) is 52.2 cm³/mol. The third-order valence-corrected chi connectivity index (χ3v) is 2.14. The maximum absolute atomic E-state index is 12.5. The Morgan fingerprint density at radius 1 is 1.65 bits per heavy atom. The van der Waals surface area contributed by atoms with Gasteiger partial charge in [0.2, 0.25) is 0 Å². The monoisotopic (exact) mass is 266 g/mol. The quantitative estimate of drug-likeness (QED) is 0.666. The van der Waals surface area contributed by atoms with Gasteiger partial charge in [-0.2, -0.15) is 0 Å². The highest BCUT2D eigenvalue weighted by molar-refractivity contribution is 6.33. The Bertz CT molecular complexity index is 481. The number of carboxylic acids is 1. The van der Waals surface area contributed by atoms with Crippen LogP contribution >= 0.6 is 11.6 Å². The van der Waals surface area contributed by atoms with Gasteiger partial charge in [-0.15, -0.1) is 0 Å². The lowest BCUT2D eigenvalue weighted by atomic mass is 10.2. The number of alkyl halides is 2. The summed E-state index contributed by atoms with van der Waals surface area (Å²) in [5.41, 5.74) is -2.12. The Morgan fingerprint density at radius 3 is 2.65 bits per heavy atom. The zero-order valence-electron chi connectivity index (χ0n) is 8.06. The van der Waals surface area contributed by atoms with Gasteiger partial charge in [-0.25, -0.2) is 13.8 Å². The van der Waals surface area contributed by atoms with E-state index in [-0.39, 0.29) is 5.69 Å². The molecule has 6 nitrogen and oxygen atoms in total. The largest absolute Gasteiger partial charge is 0.481 e. The average molecular weight is 267 g/mol. The molecule has 1 rings (SSSR count). The maximum Gasteiger partial charge on any atom is 0.309 e. The van der Waals surface area contributed by atoms with Crippen LogP contribution in [0.4, 0.5) is 14.5 Å². The van der Waals surface area contributed by atoms with Crippen molar-refractivity contribution < 1.29 is 23.6 Å². The zero-order chi connectivity index (χ0) is 13.2. The van der Waals surface area contributed by atoms with Crippen molar-refractivity contribution in [3.8, 4) is 0 Å². The highest BCUT2D eigenvalue weighted by Crippen LogP contribution is 2.33. The van der Waals surface area contributed by atoms with Gasteiger partial charge in [0, 0.05) is 6.07 Å². The minimum Gasteiger partial charge on any atom is -0.481 e. The molecule has 0 atom stereocenters. The average Bonchev–Trinajstić information content (AvgIpc) is 2.18. The third kappa shape index (κ3) is 3.06. The number of nitro groups is 1. The fraction of sp³-hybridized carbons (Fsp3) is 0.250. The minimum absolute atomic E-state index is 0.344. The highest BCUT2D eigenvalue weighted by atomic mass is 35.5. The summed E-state index contributed by atoms with van der Waals surface area (Å²) in [6, 6.07) is 0.766. The SMILES string of the molecule is O=C(O)Cc1cc([N+](=O)[O-])c(Cl)c(C(F)F)n1. The summed E-state index contributed by atoms with van der Waals surface area (Å²) in [5.74, 6) is -1.34. The number of halogens is 3. The van der Waals surface area contributed by atoms with Crippen molar-refractivity contribution in [1.29, 1.82) is 0 Å². The summed E-state index contributed by atoms with van der Waals surface area (Å²) in [6.45, 7) is 0. The Hall–Kier alpha value is -1.83. The second-order valence-corrected chi connectivity index (χ2v) is 3.34. The van der Waals surface area contributed by atoms with E-state index in [1.165, 1.54) is 0 Å². The maximum atomic E-state index is 12.5. The Kier molecular flexibility index (Phi) is 3.89. The number of aromatic nitrogens is 1. The molecule has 0 radical (unpaired) electrons. The fourth-order valence-corrected chi connectivity index (χ4v) is 1.36. The zero-order valence-corrected chi connectivity index (χ0v) is 8.82. The topological polar surface area (TPSA) is 93.3 Å². The van der Waals surface area contributed by atoms with Crippen LogP contribution in [-0.4, -0.2) is 21.0 Å². The Balaban J connectivity index is 3.36. The van der Waals surface area contributed by atoms with Gasteiger partial charge in [0.25, 0.3) is 12.1 Å². The first-order valence-corrected chi connectivity index (χ1v) is 4.54. The molecule has 0 aliphatic heterocycles. The first-order valence-electron chi connectivity index (χ1n) is 4.16. The van der Waals surface area contributed by atoms with Gasteiger partial charge in [0.05, 0.1) is 17.0 Å². The van der Waals surface area contributed by atoms with Crippen molar-refractivity contribution in [2.75, 3.05) is 0 Å². The van der Waals surface area contributed by atoms with Crippen LogP contribution in [0.5, 0.6) is 0 Å². The van der Waals surface area contributed by atoms with Gasteiger partial charge in [-0.1, -0.05) is 11.6 Å². The van der Waals surface area contributed by atoms with Gasteiger partial charge in [-0.3, -0.25) is 14.9 Å². The van der Waals surface area contributed by atoms with Crippen LogP contribution in [0, 0.1) is 10.1 Å². The highest BCUT2D eigenvalue weighted by Gasteiger charge is 2.25. The standard InChI is InChI=1S/C8H5ClF2N2O4/c9-6-4(13(16)17)1-3(2-5(14)15)12-7(6)8(10)11/h1,8H,2H2,(H,14,15). The molecular weight excluding hydrogens is 262 g/mol. The van der Waals surface area contributed by atoms with Crippen molar-refractivity contribution >= 4 is 23.3 Å². The van der Waals surface area contributed by atoms with E-state index in [0.717, 1.165) is 6.07 Å². The van der Waals surface area contributed by atoms with Crippen molar-refractivity contribution in [2.45, 2.75) is 12.8 Å². The number of nitrogens with zero attached hydrogens (tertiary/aromatic N) is 2. The van der Waals surface area contributed by atoms with Gasteiger partial charge in [0.15, 0.2) is 0 Å². The van der Waals surface area contributed by atoms with Gasteiger partial charge in [-0.05, 0) is 0 Å². The van der Waals surface area contributed by atoms with Crippen LogP contribution in [0.1, 0.15) is 17.8 Å². The number of carbonyl (C=O) groups is 1. The molecule has 0 amide bonds. The second-order valence-electron chi connectivity index (χ2n) is 2.96. The molecule has 1 aromatic rings. The molecule has 0 fully saturated rings. The molecule has 0 aliphatic carbocycles. The molecule has 0 bridgehead atoms. The number of rotatable bonds is 4. The molecule has 1 N–H and O–H groups in total. The van der Waals surface area contributed by atoms with Crippen LogP contribution in [0.25, 0.3) is 0 Å². The van der Waals surface area contributed by atoms with Crippen LogP contribution in [-0.2, 0) is 11.2 Å². The molecule has 0 unspecified atom stereocenters. The summed E-state index contributed by atoms with van der Waals surface area (Å²) >= 11 is 5.38. The lowest BCUT2D eigenvalue weighted by Crippen LogP contribution is -2.06. The van der Waals surface area contributed by atoms with Crippen LogP contribution in [0.2, 0.25) is 5.02 Å². The minimum atomic E-state index is -3.12. The molecule has 0 aromatic carbocycles. The lowest BCUT2D eigenvalue weighted by Gasteiger charge is -2.05. The normalized spacial score (nSPS) is 10.6. The van der Waals surface area contributed by atoms with Crippen LogP contribution < -0.4 is 0 Å². The molecule has 0 saturated carbocycles. The molecule has 1 aromatic heterocycles. The molecule has 0 aliphatic rings. The summed E-state index contributed by atoms with van der Waals surface area (Å²) in [4.78, 5) is 23.2. The summed E-state index contributed by atoms with van der Waals surface area (Å²) in [5, 5.41) is 18.2. The smallest absolute Gasteiger partial charge is 0.309 e. The van der Waals surface area contributed by atoms with E-state index in [4.69, 9.17) is 16.7 Å². The van der Waals surface area contributed by atoms with Crippen LogP contribution in [0.3, 0.4) is 0 Å². The van der Waals surface area contributed by atoms with Crippen LogP contribution in [0.15, 0.2) is 6.07 Å². The van der Waals surface area contributed by atoms with Crippen molar-refractivity contribution in [1.82, 2.24) is 4.98 Å². The molecule has 17 heavy (non-hydrogen) atoms. The number of aliphatic carboxylic acids is 1. The lowest BCUT2D eigenvalue weighted by molar-refractivity contribution is -0.384. The van der Waals surface area contributed by atoms with Crippen molar-refractivity contribution in [2.24, 2.45) is 0 Å². The van der Waals surface area contributed by atoms with E-state index in [1.807, 2.05) is 0 Å². The molecule has 1 heterocycles. The molecule has 0 saturated heterocycles. The molecule has 0 spiro atoms. The first-order chi connectivity index (χ1) is 7.82. The number of hydrogen-bond donors (Lipinski definition) is 1. The predicted octanol–water partition coefficient (Wildman–Crippen LogP) is 2.21. The van der Waals surface area contributed by atoms with Gasteiger partial charge < -0.3 is 5.11 Å². The van der Waals surface area contributed by atoms with Gasteiger partial charge >= 0.3 is 5.97 Å². The van der Waals surface area contributed by atoms with E-state index >= 15 is 0 Å². The van der Waals surface area contributed by atoms with E-state index < -0.39 is 40.1 Å². The fourth-order valence-electron chi connectivity index (χ4n) is 1.11. The summed E-state index contributed by atoms with van der Waals surface area (Å²) < 4.78 is 24.9.